The third-order valence-electron chi connectivity index (χ3n) is 7.11. The number of rotatable bonds is 6. The molecule has 2 aromatic carbocycles. The molecule has 1 fully saturated rings. The monoisotopic (exact) mass is 552 g/mol. The van der Waals surface area contributed by atoms with Crippen LogP contribution in [0.2, 0.25) is 0 Å². The van der Waals surface area contributed by atoms with Crippen molar-refractivity contribution in [3.05, 3.63) is 59.8 Å². The van der Waals surface area contributed by atoms with E-state index in [-0.39, 0.29) is 17.5 Å². The molecule has 4 aromatic rings. The molecule has 9 nitrogen and oxygen atoms in total. The number of nitrogens with one attached hydrogen (secondary N) is 3. The second-order valence-corrected chi connectivity index (χ2v) is 10.1. The molecule has 2 amide bonds. The van der Waals surface area contributed by atoms with Gasteiger partial charge in [-0.3, -0.25) is 10.00 Å². The van der Waals surface area contributed by atoms with E-state index in [2.05, 4.69) is 33.0 Å². The zero-order chi connectivity index (χ0) is 28.4. The molecule has 1 aliphatic carbocycles. The predicted molar refractivity (Wildman–Crippen MR) is 149 cm³/mol. The average molecular weight is 553 g/mol. The molecule has 5 N–H and O–H groups in total. The topological polar surface area (TPSA) is 123 Å². The molecule has 0 atom stereocenters. The van der Waals surface area contributed by atoms with Gasteiger partial charge in [0.05, 0.1) is 16.8 Å². The molecule has 0 saturated heterocycles. The molecule has 1 saturated carbocycles. The van der Waals surface area contributed by atoms with Gasteiger partial charge in [0, 0.05) is 48.0 Å². The molecule has 0 aliphatic heterocycles. The summed E-state index contributed by atoms with van der Waals surface area (Å²) in [5.41, 5.74) is 8.73. The normalized spacial score (nSPS) is 17.6. The first kappa shape index (κ1) is 27.4. The lowest BCUT2D eigenvalue weighted by molar-refractivity contribution is -0.137. The van der Waals surface area contributed by atoms with Gasteiger partial charge in [0.25, 0.3) is 0 Å². The Bertz CT molecular complexity index is 1530. The minimum Gasteiger partial charge on any atom is -0.351 e. The van der Waals surface area contributed by atoms with E-state index in [0.29, 0.717) is 12.0 Å². The number of carbonyl (C=O) groups is 1. The first-order valence-electron chi connectivity index (χ1n) is 13.2. The van der Waals surface area contributed by atoms with Gasteiger partial charge in [0.2, 0.25) is 5.95 Å². The zero-order valence-corrected chi connectivity index (χ0v) is 22.2. The van der Waals surface area contributed by atoms with Crippen LogP contribution >= 0.6 is 0 Å². The second-order valence-electron chi connectivity index (χ2n) is 10.1. The molecule has 5 rings (SSSR count). The third kappa shape index (κ3) is 6.17. The van der Waals surface area contributed by atoms with Gasteiger partial charge in [0.1, 0.15) is 0 Å². The maximum Gasteiger partial charge on any atom is 0.416 e. The summed E-state index contributed by atoms with van der Waals surface area (Å²) in [5, 5.41) is 13.7. The fraction of sp³-hybridized carbons (Fsp3) is 0.357. The first-order chi connectivity index (χ1) is 19.1. The van der Waals surface area contributed by atoms with Gasteiger partial charge in [-0.2, -0.15) is 18.3 Å². The summed E-state index contributed by atoms with van der Waals surface area (Å²) < 4.78 is 40.6. The molecule has 1 aliphatic rings. The van der Waals surface area contributed by atoms with E-state index in [4.69, 9.17) is 10.7 Å². The van der Waals surface area contributed by atoms with Crippen LogP contribution in [0.3, 0.4) is 0 Å². The van der Waals surface area contributed by atoms with Gasteiger partial charge >= 0.3 is 12.2 Å². The zero-order valence-electron chi connectivity index (χ0n) is 22.2. The third-order valence-corrected chi connectivity index (χ3v) is 7.11. The highest BCUT2D eigenvalue weighted by atomic mass is 19.4. The van der Waals surface area contributed by atoms with Crippen LogP contribution in [0.1, 0.15) is 43.7 Å². The van der Waals surface area contributed by atoms with Gasteiger partial charge in [-0.05, 0) is 68.0 Å². The van der Waals surface area contributed by atoms with Gasteiger partial charge in [-0.15, -0.1) is 0 Å². The molecule has 0 radical (unpaired) electrons. The second kappa shape index (κ2) is 11.1. The number of hydrogen-bond acceptors (Lipinski definition) is 6. The van der Waals surface area contributed by atoms with Crippen molar-refractivity contribution in [2.45, 2.75) is 57.3 Å². The predicted octanol–water partition coefficient (Wildman–Crippen LogP) is 5.94. The number of anilines is 3. The van der Waals surface area contributed by atoms with Crippen molar-refractivity contribution in [1.29, 1.82) is 0 Å². The van der Waals surface area contributed by atoms with Crippen molar-refractivity contribution in [2.24, 2.45) is 12.8 Å². The number of alkyl halides is 3. The van der Waals surface area contributed by atoms with E-state index in [1.54, 1.807) is 24.0 Å². The molecule has 12 heteroatoms. The minimum absolute atomic E-state index is 0.0199. The lowest BCUT2D eigenvalue weighted by atomic mass is 9.92. The van der Waals surface area contributed by atoms with Gasteiger partial charge in [0.15, 0.2) is 5.82 Å². The molecule has 0 spiro atoms. The number of nitrogens with two attached hydrogens (primary N) is 1. The van der Waals surface area contributed by atoms with E-state index < -0.39 is 17.8 Å². The van der Waals surface area contributed by atoms with E-state index >= 15 is 0 Å². The number of urea groups is 1. The number of aryl methyl sites for hydroxylation is 2. The Morgan fingerprint density at radius 3 is 2.60 bits per heavy atom. The van der Waals surface area contributed by atoms with E-state index in [1.165, 1.54) is 12.1 Å². The number of hydrogen-bond donors (Lipinski definition) is 4. The van der Waals surface area contributed by atoms with Crippen LogP contribution in [0.25, 0.3) is 22.2 Å². The molecule has 210 valence electrons. The lowest BCUT2D eigenvalue weighted by Crippen LogP contribution is -2.33. The number of fused-ring (bicyclic) bond motifs is 1. The van der Waals surface area contributed by atoms with Gasteiger partial charge < -0.3 is 16.4 Å². The summed E-state index contributed by atoms with van der Waals surface area (Å²) in [4.78, 5) is 21.8. The van der Waals surface area contributed by atoms with Crippen LogP contribution < -0.4 is 21.7 Å². The highest BCUT2D eigenvalue weighted by molar-refractivity contribution is 5.99. The number of benzene rings is 2. The number of halogens is 3. The summed E-state index contributed by atoms with van der Waals surface area (Å²) in [7, 11) is 1.75. The van der Waals surface area contributed by atoms with Crippen molar-refractivity contribution >= 4 is 34.4 Å². The molecule has 2 heterocycles. The van der Waals surface area contributed by atoms with Crippen molar-refractivity contribution < 1.29 is 18.0 Å². The number of nitrogens with zero attached hydrogens (tertiary/aromatic N) is 4. The van der Waals surface area contributed by atoms with Crippen molar-refractivity contribution in [3.63, 3.8) is 0 Å². The van der Waals surface area contributed by atoms with Crippen LogP contribution in [0.5, 0.6) is 0 Å². The summed E-state index contributed by atoms with van der Waals surface area (Å²) >= 11 is 0. The Morgan fingerprint density at radius 1 is 1.10 bits per heavy atom. The first-order valence-corrected chi connectivity index (χ1v) is 13.2. The van der Waals surface area contributed by atoms with Crippen LogP contribution in [-0.2, 0) is 19.6 Å². The van der Waals surface area contributed by atoms with Crippen molar-refractivity contribution in [2.75, 3.05) is 16.0 Å². The Labute approximate surface area is 229 Å². The number of carbonyl (C=O) groups excluding carboxylic acids is 1. The molecular formula is C28H31F3N8O. The van der Waals surface area contributed by atoms with Crippen molar-refractivity contribution in [1.82, 2.24) is 19.7 Å². The minimum atomic E-state index is -4.51. The summed E-state index contributed by atoms with van der Waals surface area (Å²) in [6, 6.07) is 10.0. The van der Waals surface area contributed by atoms with Crippen LogP contribution in [0.15, 0.2) is 48.7 Å². The fourth-order valence-electron chi connectivity index (χ4n) is 5.00. The maximum atomic E-state index is 13.0. The average Bonchev–Trinajstić information content (AvgIpc) is 3.28. The highest BCUT2D eigenvalue weighted by Crippen LogP contribution is 2.31. The van der Waals surface area contributed by atoms with Gasteiger partial charge in [-0.1, -0.05) is 13.0 Å². The maximum absolute atomic E-state index is 13.0. The summed E-state index contributed by atoms with van der Waals surface area (Å²) in [6.07, 6.45) is 2.02. The molecular weight excluding hydrogens is 521 g/mol. The Balaban J connectivity index is 1.33. The smallest absolute Gasteiger partial charge is 0.351 e. The Hall–Kier alpha value is -4.19. The lowest BCUT2D eigenvalue weighted by Gasteiger charge is -2.26. The quantitative estimate of drug-likeness (QED) is 0.235. The molecule has 0 bridgehead atoms. The van der Waals surface area contributed by atoms with Crippen LogP contribution in [0.4, 0.5) is 35.4 Å². The molecule has 0 unspecified atom stereocenters. The fourth-order valence-corrected chi connectivity index (χ4v) is 5.00. The van der Waals surface area contributed by atoms with E-state index in [1.807, 2.05) is 12.1 Å². The largest absolute Gasteiger partial charge is 0.416 e. The number of aromatic nitrogens is 4. The summed E-state index contributed by atoms with van der Waals surface area (Å²) in [6.45, 7) is 2.06. The SMILES string of the molecule is CCc1cc(-c2cc(NC(=O)Nc3cccc(C(F)(F)F)c3)nn2C)cc2cnc(N[C@H]3CC[C@H](N)CC3)nc12. The van der Waals surface area contributed by atoms with Crippen LogP contribution in [0, 0.1) is 0 Å². The standard InChI is InChI=1S/C28H31F3N8O/c1-3-16-11-17(12-18-15-33-26(37-25(16)18)34-21-9-7-20(32)8-10-21)23-14-24(38-39(23)2)36-27(40)35-22-6-4-5-19(13-22)28(29,30)31/h4-6,11-15,20-21H,3,7-10,32H2,1-2H3,(H,33,34,37)(H2,35,36,38,40)/t20-,21-. The Morgan fingerprint density at radius 2 is 1.88 bits per heavy atom. The summed E-state index contributed by atoms with van der Waals surface area (Å²) in [5.74, 6) is 0.859. The van der Waals surface area contributed by atoms with Crippen molar-refractivity contribution in [3.8, 4) is 11.3 Å². The highest BCUT2D eigenvalue weighted by Gasteiger charge is 2.30. The van der Waals surface area contributed by atoms with E-state index in [9.17, 15) is 18.0 Å². The molecule has 2 aromatic heterocycles. The van der Waals surface area contributed by atoms with E-state index in [0.717, 1.165) is 72.0 Å². The van der Waals surface area contributed by atoms with Gasteiger partial charge in [-0.25, -0.2) is 14.8 Å². The number of amides is 2. The van der Waals surface area contributed by atoms with Crippen LogP contribution in [-0.4, -0.2) is 37.9 Å². The molecule has 40 heavy (non-hydrogen) atoms. The Kier molecular flexibility index (Phi) is 7.61.